The summed E-state index contributed by atoms with van der Waals surface area (Å²) >= 11 is 2.29. The van der Waals surface area contributed by atoms with E-state index in [0.29, 0.717) is 18.7 Å². The summed E-state index contributed by atoms with van der Waals surface area (Å²) in [6.45, 7) is 5.50. The van der Waals surface area contributed by atoms with E-state index in [-0.39, 0.29) is 11.4 Å². The van der Waals surface area contributed by atoms with Crippen LogP contribution in [0.2, 0.25) is 0 Å². The fraction of sp³-hybridized carbons (Fsp3) is 0.438. The van der Waals surface area contributed by atoms with Crippen LogP contribution in [-0.2, 0) is 19.5 Å². The first kappa shape index (κ1) is 14.7. The van der Waals surface area contributed by atoms with Crippen molar-refractivity contribution in [3.8, 4) is 17.0 Å². The summed E-state index contributed by atoms with van der Waals surface area (Å²) < 4.78 is 4.58. The molecular weight excluding hydrogens is 379 g/mol. The van der Waals surface area contributed by atoms with Crippen LogP contribution in [0, 0.1) is 10.5 Å². The summed E-state index contributed by atoms with van der Waals surface area (Å²) in [7, 11) is 0. The number of rotatable bonds is 2. The third-order valence-corrected chi connectivity index (χ3v) is 4.83. The first-order chi connectivity index (χ1) is 10.0. The minimum atomic E-state index is -0.0637. The summed E-state index contributed by atoms with van der Waals surface area (Å²) in [4.78, 5) is 12.7. The zero-order valence-electron chi connectivity index (χ0n) is 12.3. The summed E-state index contributed by atoms with van der Waals surface area (Å²) in [5.74, 6) is 0.124. The molecule has 0 saturated carbocycles. The van der Waals surface area contributed by atoms with Gasteiger partial charge in [0, 0.05) is 16.7 Å². The van der Waals surface area contributed by atoms with Gasteiger partial charge in [0.25, 0.3) is 5.56 Å². The molecule has 2 aromatic rings. The molecule has 1 aliphatic heterocycles. The first-order valence-electron chi connectivity index (χ1n) is 7.36. The van der Waals surface area contributed by atoms with Crippen molar-refractivity contribution in [2.75, 3.05) is 0 Å². The average molecular weight is 398 g/mol. The topological polar surface area (TPSA) is 47.2 Å². The third kappa shape index (κ3) is 2.31. The van der Waals surface area contributed by atoms with Gasteiger partial charge in [-0.2, -0.15) is 0 Å². The van der Waals surface area contributed by atoms with E-state index in [1.54, 1.807) is 9.36 Å². The molecule has 3 rings (SSSR count). The molecule has 0 bridgehead atoms. The van der Waals surface area contributed by atoms with Crippen LogP contribution in [0.3, 0.4) is 0 Å². The molecule has 112 valence electrons. The van der Waals surface area contributed by atoms with Gasteiger partial charge in [-0.05, 0) is 77.6 Å². The van der Waals surface area contributed by atoms with Gasteiger partial charge >= 0.3 is 0 Å². The van der Waals surface area contributed by atoms with Crippen molar-refractivity contribution in [1.82, 2.24) is 9.36 Å². The number of halogens is 1. The molecule has 0 atom stereocenters. The highest BCUT2D eigenvalue weighted by Crippen LogP contribution is 2.34. The second kappa shape index (κ2) is 5.51. The van der Waals surface area contributed by atoms with Crippen molar-refractivity contribution in [3.05, 3.63) is 37.2 Å². The standard InChI is InChI=1S/C16H19IN2O2/c1-3-11-9-12(17)8-10(2)13(11)14-15(20)18-6-4-5-7-19(18)16(14)21/h8-9,20H,3-7H2,1-2H3. The molecule has 5 heteroatoms. The van der Waals surface area contributed by atoms with E-state index in [9.17, 15) is 9.90 Å². The summed E-state index contributed by atoms with van der Waals surface area (Å²) in [5, 5.41) is 10.6. The van der Waals surface area contributed by atoms with Crippen molar-refractivity contribution in [2.45, 2.75) is 46.2 Å². The molecule has 1 aliphatic rings. The van der Waals surface area contributed by atoms with Crippen molar-refractivity contribution in [1.29, 1.82) is 0 Å². The molecule has 1 aromatic carbocycles. The lowest BCUT2D eigenvalue weighted by molar-refractivity contribution is 0.305. The SMILES string of the molecule is CCc1cc(I)cc(C)c1-c1c(O)n2n(c1=O)CCCC2. The molecule has 0 aliphatic carbocycles. The second-order valence-electron chi connectivity index (χ2n) is 5.57. The maximum absolute atomic E-state index is 12.7. The van der Waals surface area contributed by atoms with Crippen molar-refractivity contribution in [2.24, 2.45) is 0 Å². The van der Waals surface area contributed by atoms with Crippen molar-refractivity contribution < 1.29 is 5.11 Å². The molecule has 1 N–H and O–H groups in total. The molecular formula is C16H19IN2O2. The Balaban J connectivity index is 2.32. The Labute approximate surface area is 137 Å². The number of aromatic nitrogens is 2. The van der Waals surface area contributed by atoms with Crippen LogP contribution >= 0.6 is 22.6 Å². The minimum absolute atomic E-state index is 0.0637. The highest BCUT2D eigenvalue weighted by atomic mass is 127. The van der Waals surface area contributed by atoms with Crippen molar-refractivity contribution >= 4 is 22.6 Å². The Morgan fingerprint density at radius 2 is 1.86 bits per heavy atom. The van der Waals surface area contributed by atoms with E-state index >= 15 is 0 Å². The highest BCUT2D eigenvalue weighted by Gasteiger charge is 2.25. The monoisotopic (exact) mass is 398 g/mol. The zero-order chi connectivity index (χ0) is 15.1. The van der Waals surface area contributed by atoms with E-state index < -0.39 is 0 Å². The van der Waals surface area contributed by atoms with Gasteiger partial charge in [-0.15, -0.1) is 0 Å². The lowest BCUT2D eigenvalue weighted by Crippen LogP contribution is -2.27. The number of nitrogens with zero attached hydrogens (tertiary/aromatic N) is 2. The number of hydrogen-bond donors (Lipinski definition) is 1. The number of benzene rings is 1. The number of aryl methyl sites for hydroxylation is 2. The van der Waals surface area contributed by atoms with Gasteiger partial charge in [0.05, 0.1) is 0 Å². The van der Waals surface area contributed by atoms with E-state index in [4.69, 9.17) is 0 Å². The Kier molecular flexibility index (Phi) is 3.86. The highest BCUT2D eigenvalue weighted by molar-refractivity contribution is 14.1. The zero-order valence-corrected chi connectivity index (χ0v) is 14.5. The molecule has 0 saturated heterocycles. The van der Waals surface area contributed by atoms with Gasteiger partial charge in [-0.25, -0.2) is 4.68 Å². The Morgan fingerprint density at radius 3 is 2.48 bits per heavy atom. The fourth-order valence-electron chi connectivity index (χ4n) is 3.22. The van der Waals surface area contributed by atoms with Crippen LogP contribution in [0.5, 0.6) is 5.88 Å². The maximum atomic E-state index is 12.7. The largest absolute Gasteiger partial charge is 0.493 e. The normalized spacial score (nSPS) is 14.2. The third-order valence-electron chi connectivity index (χ3n) is 4.21. The molecule has 0 amide bonds. The lowest BCUT2D eigenvalue weighted by atomic mass is 9.95. The lowest BCUT2D eigenvalue weighted by Gasteiger charge is -2.17. The van der Waals surface area contributed by atoms with Gasteiger partial charge in [-0.3, -0.25) is 9.48 Å². The molecule has 0 radical (unpaired) electrons. The predicted octanol–water partition coefficient (Wildman–Crippen LogP) is 3.29. The molecule has 4 nitrogen and oxygen atoms in total. The van der Waals surface area contributed by atoms with Crippen LogP contribution in [0.15, 0.2) is 16.9 Å². The average Bonchev–Trinajstić information content (AvgIpc) is 2.71. The molecule has 1 aromatic heterocycles. The molecule has 0 spiro atoms. The summed E-state index contributed by atoms with van der Waals surface area (Å²) in [5.41, 5.74) is 3.49. The predicted molar refractivity (Wildman–Crippen MR) is 91.9 cm³/mol. The molecule has 2 heterocycles. The van der Waals surface area contributed by atoms with Crippen LogP contribution in [0.25, 0.3) is 11.1 Å². The van der Waals surface area contributed by atoms with Crippen LogP contribution in [-0.4, -0.2) is 14.5 Å². The number of aromatic hydroxyl groups is 1. The maximum Gasteiger partial charge on any atom is 0.278 e. The van der Waals surface area contributed by atoms with Crippen LogP contribution < -0.4 is 5.56 Å². The summed E-state index contributed by atoms with van der Waals surface area (Å²) in [6.07, 6.45) is 2.85. The van der Waals surface area contributed by atoms with Crippen LogP contribution in [0.1, 0.15) is 30.9 Å². The van der Waals surface area contributed by atoms with E-state index in [1.165, 1.54) is 0 Å². The van der Waals surface area contributed by atoms with Gasteiger partial charge in [0.15, 0.2) is 0 Å². The van der Waals surface area contributed by atoms with Gasteiger partial charge in [-0.1, -0.05) is 6.92 Å². The quantitative estimate of drug-likeness (QED) is 0.790. The van der Waals surface area contributed by atoms with Gasteiger partial charge < -0.3 is 5.11 Å². The molecule has 0 unspecified atom stereocenters. The second-order valence-corrected chi connectivity index (χ2v) is 6.81. The fourth-order valence-corrected chi connectivity index (χ4v) is 4.06. The minimum Gasteiger partial charge on any atom is -0.493 e. The number of fused-ring (bicyclic) bond motifs is 1. The first-order valence-corrected chi connectivity index (χ1v) is 8.44. The Hall–Kier alpha value is -1.24. The van der Waals surface area contributed by atoms with Gasteiger partial charge in [0.2, 0.25) is 5.88 Å². The van der Waals surface area contributed by atoms with E-state index in [0.717, 1.165) is 39.5 Å². The Bertz CT molecular complexity index is 759. The van der Waals surface area contributed by atoms with E-state index in [2.05, 4.69) is 41.6 Å². The Morgan fingerprint density at radius 1 is 1.19 bits per heavy atom. The summed E-state index contributed by atoms with van der Waals surface area (Å²) in [6, 6.07) is 4.17. The molecule has 21 heavy (non-hydrogen) atoms. The smallest absolute Gasteiger partial charge is 0.278 e. The van der Waals surface area contributed by atoms with Gasteiger partial charge in [0.1, 0.15) is 5.56 Å². The van der Waals surface area contributed by atoms with E-state index in [1.807, 2.05) is 6.92 Å². The molecule has 0 fully saturated rings. The van der Waals surface area contributed by atoms with Crippen molar-refractivity contribution in [3.63, 3.8) is 0 Å². The number of hydrogen-bond acceptors (Lipinski definition) is 2. The van der Waals surface area contributed by atoms with Crippen LogP contribution in [0.4, 0.5) is 0 Å².